The fourth-order valence-corrected chi connectivity index (χ4v) is 7.17. The van der Waals surface area contributed by atoms with E-state index < -0.39 is 10.0 Å². The van der Waals surface area contributed by atoms with E-state index in [1.807, 2.05) is 6.92 Å². The zero-order valence-corrected chi connectivity index (χ0v) is 18.8. The molecule has 2 aliphatic rings. The summed E-state index contributed by atoms with van der Waals surface area (Å²) >= 11 is 1.33. The summed E-state index contributed by atoms with van der Waals surface area (Å²) < 4.78 is 33.6. The van der Waals surface area contributed by atoms with Gasteiger partial charge in [-0.2, -0.15) is 8.68 Å². The first kappa shape index (κ1) is 20.1. The second-order valence-corrected chi connectivity index (χ2v) is 11.1. The molecular weight excluding hydrogens is 416 g/mol. The maximum atomic E-state index is 13.4. The fraction of sp³-hybridized carbons (Fsp3) is 0.455. The highest BCUT2D eigenvalue weighted by atomic mass is 32.2. The predicted octanol–water partition coefficient (Wildman–Crippen LogP) is 3.46. The van der Waals surface area contributed by atoms with Crippen molar-refractivity contribution in [3.63, 3.8) is 0 Å². The van der Waals surface area contributed by atoms with E-state index in [0.29, 0.717) is 24.4 Å². The summed E-state index contributed by atoms with van der Waals surface area (Å²) in [5, 5.41) is 0.805. The van der Waals surface area contributed by atoms with Gasteiger partial charge in [-0.15, -0.1) is 0 Å². The smallest absolute Gasteiger partial charge is 0.261 e. The van der Waals surface area contributed by atoms with Crippen molar-refractivity contribution in [1.82, 2.24) is 18.6 Å². The van der Waals surface area contributed by atoms with Crippen LogP contribution in [0, 0.1) is 12.8 Å². The molecule has 30 heavy (non-hydrogen) atoms. The minimum Gasteiger partial charge on any atom is -0.298 e. The average Bonchev–Trinajstić information content (AvgIpc) is 3.25. The van der Waals surface area contributed by atoms with Crippen LogP contribution >= 0.6 is 11.5 Å². The van der Waals surface area contributed by atoms with Crippen molar-refractivity contribution >= 4 is 31.6 Å². The van der Waals surface area contributed by atoms with Gasteiger partial charge in [0.1, 0.15) is 0 Å². The van der Waals surface area contributed by atoms with E-state index >= 15 is 0 Å². The Morgan fingerprint density at radius 3 is 2.87 bits per heavy atom. The number of aryl methyl sites for hydroxylation is 1. The summed E-state index contributed by atoms with van der Waals surface area (Å²) in [4.78, 5) is 6.80. The summed E-state index contributed by atoms with van der Waals surface area (Å²) in [7, 11) is -3.63. The number of hydrogen-bond donors (Lipinski definition) is 0. The lowest BCUT2D eigenvalue weighted by Gasteiger charge is -2.36. The molecular formula is C22H26N4O2S2. The van der Waals surface area contributed by atoms with Crippen LogP contribution in [0.5, 0.6) is 0 Å². The molecule has 1 aromatic carbocycles. The fourth-order valence-electron chi connectivity index (χ4n) is 4.76. The summed E-state index contributed by atoms with van der Waals surface area (Å²) in [6.07, 6.45) is 6.33. The Balaban J connectivity index is 1.33. The van der Waals surface area contributed by atoms with E-state index in [1.54, 1.807) is 16.7 Å². The lowest BCUT2D eigenvalue weighted by atomic mass is 9.95. The number of hydrogen-bond acceptors (Lipinski definition) is 6. The van der Waals surface area contributed by atoms with Crippen molar-refractivity contribution in [2.45, 2.75) is 37.8 Å². The molecule has 5 rings (SSSR count). The number of benzene rings is 1. The van der Waals surface area contributed by atoms with E-state index in [1.165, 1.54) is 22.7 Å². The Morgan fingerprint density at radius 1 is 1.17 bits per heavy atom. The number of aromatic nitrogens is 2. The molecule has 0 bridgehead atoms. The molecule has 0 radical (unpaired) electrons. The first-order valence-corrected chi connectivity index (χ1v) is 12.7. The van der Waals surface area contributed by atoms with Crippen LogP contribution in [-0.2, 0) is 23.0 Å². The number of pyridine rings is 1. The van der Waals surface area contributed by atoms with Gasteiger partial charge in [-0.3, -0.25) is 4.90 Å². The lowest BCUT2D eigenvalue weighted by molar-refractivity contribution is 0.167. The van der Waals surface area contributed by atoms with E-state index in [0.717, 1.165) is 49.2 Å². The van der Waals surface area contributed by atoms with Gasteiger partial charge in [0, 0.05) is 38.9 Å². The first-order valence-electron chi connectivity index (χ1n) is 10.5. The number of fused-ring (bicyclic) bond motifs is 2. The second-order valence-electron chi connectivity index (χ2n) is 8.44. The Bertz CT molecular complexity index is 1170. The van der Waals surface area contributed by atoms with Crippen molar-refractivity contribution in [1.29, 1.82) is 0 Å². The van der Waals surface area contributed by atoms with Crippen LogP contribution in [-0.4, -0.2) is 53.2 Å². The predicted molar refractivity (Wildman–Crippen MR) is 119 cm³/mol. The molecule has 2 aromatic heterocycles. The van der Waals surface area contributed by atoms with Crippen molar-refractivity contribution in [3.8, 4) is 0 Å². The molecule has 1 atom stereocenters. The van der Waals surface area contributed by atoms with Crippen molar-refractivity contribution < 1.29 is 8.42 Å². The largest absolute Gasteiger partial charge is 0.298 e. The van der Waals surface area contributed by atoms with Crippen LogP contribution in [0.15, 0.2) is 41.7 Å². The highest BCUT2D eigenvalue weighted by molar-refractivity contribution is 7.89. The van der Waals surface area contributed by atoms with Gasteiger partial charge in [0.2, 0.25) is 0 Å². The third kappa shape index (κ3) is 3.66. The minimum atomic E-state index is -3.63. The molecule has 0 N–H and O–H groups in total. The summed E-state index contributed by atoms with van der Waals surface area (Å²) in [5.74, 6) is 0.348. The van der Waals surface area contributed by atoms with Gasteiger partial charge < -0.3 is 0 Å². The van der Waals surface area contributed by atoms with Crippen molar-refractivity contribution in [2.24, 2.45) is 5.92 Å². The number of piperidine rings is 1. The van der Waals surface area contributed by atoms with Crippen LogP contribution in [0.3, 0.4) is 0 Å². The zero-order chi connectivity index (χ0) is 20.7. The monoisotopic (exact) mass is 442 g/mol. The third-order valence-corrected chi connectivity index (χ3v) is 9.09. The van der Waals surface area contributed by atoms with Crippen LogP contribution in [0.4, 0.5) is 0 Å². The van der Waals surface area contributed by atoms with E-state index in [2.05, 4.69) is 38.5 Å². The van der Waals surface area contributed by atoms with Crippen LogP contribution < -0.4 is 0 Å². The maximum Gasteiger partial charge on any atom is 0.261 e. The molecule has 8 heteroatoms. The van der Waals surface area contributed by atoms with Gasteiger partial charge in [0.25, 0.3) is 10.0 Å². The Morgan fingerprint density at radius 2 is 2.00 bits per heavy atom. The molecule has 4 heterocycles. The summed E-state index contributed by atoms with van der Waals surface area (Å²) in [5.41, 5.74) is 3.81. The van der Waals surface area contributed by atoms with Gasteiger partial charge >= 0.3 is 0 Å². The highest BCUT2D eigenvalue weighted by Gasteiger charge is 2.34. The van der Waals surface area contributed by atoms with Gasteiger partial charge in [-0.25, -0.2) is 13.4 Å². The van der Waals surface area contributed by atoms with E-state index in [-0.39, 0.29) is 5.03 Å². The second kappa shape index (κ2) is 8.00. The molecule has 0 saturated carbocycles. The molecule has 2 aliphatic heterocycles. The standard InChI is InChI=1S/C22H26N4O2S2/c1-16-11-23-22(20-12-24-29-21(16)20)30(27,28)26-9-4-5-17(14-26)13-25-10-8-18-6-2-3-7-19(18)15-25/h2-3,6-7,11-12,17H,4-5,8-10,13-15H2,1H3. The zero-order valence-electron chi connectivity index (χ0n) is 17.1. The summed E-state index contributed by atoms with van der Waals surface area (Å²) in [6, 6.07) is 8.64. The van der Waals surface area contributed by atoms with Gasteiger partial charge in [0.15, 0.2) is 5.03 Å². The Kier molecular flexibility index (Phi) is 5.35. The van der Waals surface area contributed by atoms with Crippen LogP contribution in [0.25, 0.3) is 10.1 Å². The maximum absolute atomic E-state index is 13.4. The minimum absolute atomic E-state index is 0.157. The number of rotatable bonds is 4. The normalized spacial score (nSPS) is 21.0. The molecule has 1 saturated heterocycles. The van der Waals surface area contributed by atoms with Gasteiger partial charge in [-0.1, -0.05) is 24.3 Å². The highest BCUT2D eigenvalue weighted by Crippen LogP contribution is 2.31. The van der Waals surface area contributed by atoms with E-state index in [9.17, 15) is 8.42 Å². The van der Waals surface area contributed by atoms with Crippen LogP contribution in [0.2, 0.25) is 0 Å². The third-order valence-electron chi connectivity index (χ3n) is 6.33. The Hall–Kier alpha value is -1.87. The van der Waals surface area contributed by atoms with Gasteiger partial charge in [-0.05, 0) is 60.3 Å². The molecule has 6 nitrogen and oxygen atoms in total. The molecule has 0 amide bonds. The lowest BCUT2D eigenvalue weighted by Crippen LogP contribution is -2.44. The molecule has 1 unspecified atom stereocenters. The molecule has 158 valence electrons. The SMILES string of the molecule is Cc1cnc(S(=O)(=O)N2CCCC(CN3CCc4ccccc4C3)C2)c2cnsc12. The molecule has 1 fully saturated rings. The van der Waals surface area contributed by atoms with Crippen LogP contribution in [0.1, 0.15) is 29.5 Å². The Labute approximate surface area is 181 Å². The van der Waals surface area contributed by atoms with Gasteiger partial charge in [0.05, 0.1) is 16.3 Å². The molecule has 0 aliphatic carbocycles. The average molecular weight is 443 g/mol. The van der Waals surface area contributed by atoms with Crippen molar-refractivity contribution in [3.05, 3.63) is 53.3 Å². The van der Waals surface area contributed by atoms with E-state index in [4.69, 9.17) is 0 Å². The molecule has 0 spiro atoms. The quantitative estimate of drug-likeness (QED) is 0.619. The number of sulfonamides is 1. The number of nitrogens with zero attached hydrogens (tertiary/aromatic N) is 4. The van der Waals surface area contributed by atoms with Crippen molar-refractivity contribution in [2.75, 3.05) is 26.2 Å². The first-order chi connectivity index (χ1) is 14.5. The molecule has 3 aromatic rings. The summed E-state index contributed by atoms with van der Waals surface area (Å²) in [6.45, 7) is 6.02. The topological polar surface area (TPSA) is 66.4 Å².